The lowest BCUT2D eigenvalue weighted by molar-refractivity contribution is -0.136. The van der Waals surface area contributed by atoms with Crippen LogP contribution in [0.1, 0.15) is 12.0 Å². The standard InChI is InChI=1S/C17H16N4O2S/c22-15(23)8-10-24-17-20-19-16(14-7-4-9-18-11-14)21(17)12-13-5-2-1-3-6-13/h1-7,9,11H,8,10,12H2,(H,22,23). The van der Waals surface area contributed by atoms with Crippen molar-refractivity contribution in [3.8, 4) is 11.4 Å². The van der Waals surface area contributed by atoms with Crippen LogP contribution in [0.3, 0.4) is 0 Å². The van der Waals surface area contributed by atoms with E-state index in [0.29, 0.717) is 17.5 Å². The molecule has 3 aromatic rings. The highest BCUT2D eigenvalue weighted by Gasteiger charge is 2.15. The van der Waals surface area contributed by atoms with E-state index in [9.17, 15) is 4.79 Å². The minimum absolute atomic E-state index is 0.0884. The SMILES string of the molecule is O=C(O)CCSc1nnc(-c2cccnc2)n1Cc1ccccc1. The van der Waals surface area contributed by atoms with Crippen molar-refractivity contribution in [3.05, 3.63) is 60.4 Å². The quantitative estimate of drug-likeness (QED) is 0.666. The lowest BCUT2D eigenvalue weighted by Gasteiger charge is -2.10. The number of hydrogen-bond acceptors (Lipinski definition) is 5. The lowest BCUT2D eigenvalue weighted by Crippen LogP contribution is -2.05. The molecular weight excluding hydrogens is 324 g/mol. The molecule has 24 heavy (non-hydrogen) atoms. The first kappa shape index (κ1) is 16.2. The number of benzene rings is 1. The Labute approximate surface area is 143 Å². The highest BCUT2D eigenvalue weighted by molar-refractivity contribution is 7.99. The summed E-state index contributed by atoms with van der Waals surface area (Å²) in [4.78, 5) is 14.9. The number of nitrogens with zero attached hydrogens (tertiary/aromatic N) is 4. The number of hydrogen-bond donors (Lipinski definition) is 1. The monoisotopic (exact) mass is 340 g/mol. The third-order valence-corrected chi connectivity index (χ3v) is 4.34. The number of carboxylic acid groups (broad SMARTS) is 1. The zero-order chi connectivity index (χ0) is 16.8. The first-order chi connectivity index (χ1) is 11.7. The molecule has 0 aliphatic rings. The maximum Gasteiger partial charge on any atom is 0.304 e. The molecule has 0 saturated heterocycles. The molecule has 0 saturated carbocycles. The van der Waals surface area contributed by atoms with Gasteiger partial charge in [-0.2, -0.15) is 0 Å². The second-order valence-corrected chi connectivity index (χ2v) is 6.17. The second-order valence-electron chi connectivity index (χ2n) is 5.11. The molecule has 0 atom stereocenters. The molecule has 0 aliphatic heterocycles. The summed E-state index contributed by atoms with van der Waals surface area (Å²) < 4.78 is 2.00. The van der Waals surface area contributed by atoms with Crippen molar-refractivity contribution in [3.63, 3.8) is 0 Å². The van der Waals surface area contributed by atoms with Gasteiger partial charge in [0, 0.05) is 23.7 Å². The summed E-state index contributed by atoms with van der Waals surface area (Å²) in [6.45, 7) is 0.619. The third kappa shape index (κ3) is 3.99. The predicted molar refractivity (Wildman–Crippen MR) is 91.8 cm³/mol. The van der Waals surface area contributed by atoms with Crippen LogP contribution in [-0.4, -0.2) is 36.6 Å². The number of aliphatic carboxylic acids is 1. The van der Waals surface area contributed by atoms with Crippen LogP contribution < -0.4 is 0 Å². The van der Waals surface area contributed by atoms with Crippen molar-refractivity contribution in [2.45, 2.75) is 18.1 Å². The number of thioether (sulfide) groups is 1. The molecular formula is C17H16N4O2S. The zero-order valence-corrected chi connectivity index (χ0v) is 13.7. The van der Waals surface area contributed by atoms with Gasteiger partial charge in [0.25, 0.3) is 0 Å². The van der Waals surface area contributed by atoms with Crippen LogP contribution in [0.2, 0.25) is 0 Å². The van der Waals surface area contributed by atoms with Crippen molar-refractivity contribution in [1.82, 2.24) is 19.7 Å². The van der Waals surface area contributed by atoms with E-state index in [2.05, 4.69) is 15.2 Å². The molecule has 0 aliphatic carbocycles. The van der Waals surface area contributed by atoms with E-state index in [0.717, 1.165) is 17.0 Å². The van der Waals surface area contributed by atoms with Gasteiger partial charge in [-0.3, -0.25) is 14.3 Å². The van der Waals surface area contributed by atoms with Gasteiger partial charge in [-0.15, -0.1) is 10.2 Å². The molecule has 0 bridgehead atoms. The van der Waals surface area contributed by atoms with E-state index in [1.807, 2.05) is 47.0 Å². The number of carboxylic acids is 1. The molecule has 1 aromatic carbocycles. The maximum atomic E-state index is 10.7. The highest BCUT2D eigenvalue weighted by atomic mass is 32.2. The second kappa shape index (κ2) is 7.74. The van der Waals surface area contributed by atoms with E-state index in [4.69, 9.17) is 5.11 Å². The molecule has 7 heteroatoms. The van der Waals surface area contributed by atoms with Crippen molar-refractivity contribution in [2.24, 2.45) is 0 Å². The Kier molecular flexibility index (Phi) is 5.22. The van der Waals surface area contributed by atoms with Crippen LogP contribution in [-0.2, 0) is 11.3 Å². The average molecular weight is 340 g/mol. The largest absolute Gasteiger partial charge is 0.481 e. The smallest absolute Gasteiger partial charge is 0.304 e. The minimum atomic E-state index is -0.816. The summed E-state index contributed by atoms with van der Waals surface area (Å²) in [5.41, 5.74) is 2.01. The van der Waals surface area contributed by atoms with Gasteiger partial charge >= 0.3 is 5.97 Å². The molecule has 0 amide bonds. The van der Waals surface area contributed by atoms with Crippen molar-refractivity contribution >= 4 is 17.7 Å². The Morgan fingerprint density at radius 3 is 2.67 bits per heavy atom. The summed E-state index contributed by atoms with van der Waals surface area (Å²) in [5, 5.41) is 18.0. The van der Waals surface area contributed by atoms with Gasteiger partial charge in [-0.05, 0) is 17.7 Å². The maximum absolute atomic E-state index is 10.7. The topological polar surface area (TPSA) is 80.9 Å². The van der Waals surface area contributed by atoms with E-state index >= 15 is 0 Å². The van der Waals surface area contributed by atoms with Gasteiger partial charge in [-0.25, -0.2) is 0 Å². The molecule has 2 heterocycles. The van der Waals surface area contributed by atoms with Crippen LogP contribution in [0.25, 0.3) is 11.4 Å². The Morgan fingerprint density at radius 1 is 1.12 bits per heavy atom. The first-order valence-corrected chi connectivity index (χ1v) is 8.44. The minimum Gasteiger partial charge on any atom is -0.481 e. The first-order valence-electron chi connectivity index (χ1n) is 7.46. The van der Waals surface area contributed by atoms with Gasteiger partial charge in [0.2, 0.25) is 0 Å². The summed E-state index contributed by atoms with van der Waals surface area (Å²) in [5.74, 6) is 0.365. The summed E-state index contributed by atoms with van der Waals surface area (Å²) in [6, 6.07) is 13.8. The Bertz CT molecular complexity index is 806. The number of rotatable bonds is 7. The molecule has 122 valence electrons. The third-order valence-electron chi connectivity index (χ3n) is 3.37. The van der Waals surface area contributed by atoms with Crippen LogP contribution in [0.15, 0.2) is 60.0 Å². The average Bonchev–Trinajstić information content (AvgIpc) is 2.99. The van der Waals surface area contributed by atoms with E-state index < -0.39 is 5.97 Å². The molecule has 3 rings (SSSR count). The molecule has 0 radical (unpaired) electrons. The van der Waals surface area contributed by atoms with E-state index in [1.54, 1.807) is 12.4 Å². The number of carbonyl (C=O) groups is 1. The number of pyridine rings is 1. The van der Waals surface area contributed by atoms with Gasteiger partial charge < -0.3 is 5.11 Å². The molecule has 0 fully saturated rings. The van der Waals surface area contributed by atoms with Crippen LogP contribution >= 0.6 is 11.8 Å². The fourth-order valence-electron chi connectivity index (χ4n) is 2.24. The predicted octanol–water partition coefficient (Wildman–Crippen LogP) is 2.96. The fourth-order valence-corrected chi connectivity index (χ4v) is 3.11. The van der Waals surface area contributed by atoms with Gasteiger partial charge in [0.05, 0.1) is 13.0 Å². The summed E-state index contributed by atoms with van der Waals surface area (Å²) >= 11 is 1.40. The Balaban J connectivity index is 1.91. The van der Waals surface area contributed by atoms with Crippen molar-refractivity contribution < 1.29 is 9.90 Å². The molecule has 2 aromatic heterocycles. The van der Waals surface area contributed by atoms with Gasteiger partial charge in [0.1, 0.15) is 0 Å². The van der Waals surface area contributed by atoms with Crippen LogP contribution in [0, 0.1) is 0 Å². The Morgan fingerprint density at radius 2 is 1.96 bits per heavy atom. The molecule has 0 spiro atoms. The normalized spacial score (nSPS) is 10.7. The van der Waals surface area contributed by atoms with Crippen LogP contribution in [0.4, 0.5) is 0 Å². The fraction of sp³-hybridized carbons (Fsp3) is 0.176. The van der Waals surface area contributed by atoms with E-state index in [1.165, 1.54) is 11.8 Å². The van der Waals surface area contributed by atoms with Gasteiger partial charge in [-0.1, -0.05) is 42.1 Å². The lowest BCUT2D eigenvalue weighted by atomic mass is 10.2. The summed E-state index contributed by atoms with van der Waals surface area (Å²) in [7, 11) is 0. The Hall–Kier alpha value is -2.67. The highest BCUT2D eigenvalue weighted by Crippen LogP contribution is 2.25. The van der Waals surface area contributed by atoms with Gasteiger partial charge in [0.15, 0.2) is 11.0 Å². The number of aromatic nitrogens is 4. The summed E-state index contributed by atoms with van der Waals surface area (Å²) in [6.07, 6.45) is 3.55. The van der Waals surface area contributed by atoms with Crippen molar-refractivity contribution in [2.75, 3.05) is 5.75 Å². The van der Waals surface area contributed by atoms with E-state index in [-0.39, 0.29) is 6.42 Å². The molecule has 6 nitrogen and oxygen atoms in total. The zero-order valence-electron chi connectivity index (χ0n) is 12.9. The van der Waals surface area contributed by atoms with Crippen LogP contribution in [0.5, 0.6) is 0 Å². The van der Waals surface area contributed by atoms with Crippen molar-refractivity contribution in [1.29, 1.82) is 0 Å². The molecule has 0 unspecified atom stereocenters. The molecule has 1 N–H and O–H groups in total.